The second kappa shape index (κ2) is 3.87. The molecule has 68 valence electrons. The van der Waals surface area contributed by atoms with Crippen molar-refractivity contribution in [3.05, 3.63) is 20.2 Å². The average Bonchev–Trinajstić information content (AvgIpc) is 2.28. The number of aryl methyl sites for hydroxylation is 1. The van der Waals surface area contributed by atoms with Crippen LogP contribution >= 0.6 is 11.3 Å². The highest BCUT2D eigenvalue weighted by Gasteiger charge is 2.07. The molecule has 12 heavy (non-hydrogen) atoms. The third kappa shape index (κ3) is 1.59. The van der Waals surface area contributed by atoms with Gasteiger partial charge in [0.2, 0.25) is 0 Å². The normalized spacial score (nSPS) is 10.6. The Morgan fingerprint density at radius 3 is 2.75 bits per heavy atom. The average molecular weight is 186 g/mol. The highest BCUT2D eigenvalue weighted by Crippen LogP contribution is 2.10. The van der Waals surface area contributed by atoms with Gasteiger partial charge in [0.05, 0.1) is 0 Å². The Labute approximate surface area is 75.8 Å². The van der Waals surface area contributed by atoms with Crippen LogP contribution in [0.3, 0.4) is 0 Å². The maximum absolute atomic E-state index is 11.3. The highest BCUT2D eigenvalue weighted by molar-refractivity contribution is 7.09. The molecule has 0 aromatic carbocycles. The highest BCUT2D eigenvalue weighted by atomic mass is 32.1. The molecule has 0 aliphatic carbocycles. The quantitative estimate of drug-likeness (QED) is 0.757. The summed E-state index contributed by atoms with van der Waals surface area (Å²) in [6.07, 6.45) is 0.907. The first-order chi connectivity index (χ1) is 5.70. The first-order valence-electron chi connectivity index (χ1n) is 4.09. The summed E-state index contributed by atoms with van der Waals surface area (Å²) in [5.41, 5.74) is 6.54. The van der Waals surface area contributed by atoms with Gasteiger partial charge in [0.15, 0.2) is 0 Å². The summed E-state index contributed by atoms with van der Waals surface area (Å²) in [6.45, 7) is 5.22. The zero-order valence-electron chi connectivity index (χ0n) is 7.46. The SMILES string of the molecule is CCc1c(C)sc(=O)n1CCN. The van der Waals surface area contributed by atoms with E-state index >= 15 is 0 Å². The Morgan fingerprint density at radius 2 is 2.25 bits per heavy atom. The van der Waals surface area contributed by atoms with Crippen LogP contribution in [-0.2, 0) is 13.0 Å². The molecule has 0 saturated heterocycles. The molecule has 1 aromatic heterocycles. The molecule has 0 unspecified atom stereocenters. The molecule has 0 bridgehead atoms. The number of nitrogens with zero attached hydrogens (tertiary/aromatic N) is 1. The third-order valence-corrected chi connectivity index (χ3v) is 2.82. The second-order valence-electron chi connectivity index (χ2n) is 2.66. The molecule has 0 amide bonds. The minimum atomic E-state index is 0.120. The van der Waals surface area contributed by atoms with Gasteiger partial charge in [-0.3, -0.25) is 4.79 Å². The van der Waals surface area contributed by atoms with E-state index in [2.05, 4.69) is 6.92 Å². The summed E-state index contributed by atoms with van der Waals surface area (Å²) in [5, 5.41) is 0. The van der Waals surface area contributed by atoms with Crippen LogP contribution in [0.5, 0.6) is 0 Å². The number of thiazole rings is 1. The Hall–Kier alpha value is -0.610. The van der Waals surface area contributed by atoms with Gasteiger partial charge in [-0.15, -0.1) is 0 Å². The maximum Gasteiger partial charge on any atom is 0.307 e. The van der Waals surface area contributed by atoms with E-state index < -0.39 is 0 Å². The van der Waals surface area contributed by atoms with E-state index in [0.29, 0.717) is 13.1 Å². The van der Waals surface area contributed by atoms with Crippen LogP contribution in [0.1, 0.15) is 17.5 Å². The number of hydrogen-bond acceptors (Lipinski definition) is 3. The van der Waals surface area contributed by atoms with E-state index in [1.54, 1.807) is 4.57 Å². The summed E-state index contributed by atoms with van der Waals surface area (Å²) in [4.78, 5) is 12.6. The van der Waals surface area contributed by atoms with Gasteiger partial charge in [-0.2, -0.15) is 0 Å². The predicted molar refractivity (Wildman–Crippen MR) is 51.7 cm³/mol. The Kier molecular flexibility index (Phi) is 3.05. The molecule has 1 rings (SSSR count). The third-order valence-electron chi connectivity index (χ3n) is 1.88. The summed E-state index contributed by atoms with van der Waals surface area (Å²) < 4.78 is 1.78. The molecule has 3 nitrogen and oxygen atoms in total. The molecular weight excluding hydrogens is 172 g/mol. The zero-order chi connectivity index (χ0) is 9.14. The monoisotopic (exact) mass is 186 g/mol. The number of hydrogen-bond donors (Lipinski definition) is 1. The van der Waals surface area contributed by atoms with Gasteiger partial charge in [0.1, 0.15) is 0 Å². The van der Waals surface area contributed by atoms with Crippen LogP contribution in [-0.4, -0.2) is 11.1 Å². The zero-order valence-corrected chi connectivity index (χ0v) is 8.28. The standard InChI is InChI=1S/C8H14N2OS/c1-3-7-6(2)12-8(11)10(7)5-4-9/h3-5,9H2,1-2H3. The van der Waals surface area contributed by atoms with Crippen molar-refractivity contribution in [1.29, 1.82) is 0 Å². The fourth-order valence-electron chi connectivity index (χ4n) is 1.34. The molecule has 0 aliphatic rings. The lowest BCUT2D eigenvalue weighted by molar-refractivity contribution is 0.660. The van der Waals surface area contributed by atoms with Gasteiger partial charge in [-0.1, -0.05) is 18.3 Å². The van der Waals surface area contributed by atoms with Crippen molar-refractivity contribution in [2.45, 2.75) is 26.8 Å². The van der Waals surface area contributed by atoms with Gasteiger partial charge in [-0.25, -0.2) is 0 Å². The van der Waals surface area contributed by atoms with Crippen molar-refractivity contribution in [1.82, 2.24) is 4.57 Å². The van der Waals surface area contributed by atoms with E-state index in [0.717, 1.165) is 17.0 Å². The molecule has 0 fully saturated rings. The molecule has 0 saturated carbocycles. The molecule has 0 radical (unpaired) electrons. The smallest absolute Gasteiger partial charge is 0.307 e. The fourth-order valence-corrected chi connectivity index (χ4v) is 2.29. The summed E-state index contributed by atoms with van der Waals surface area (Å²) >= 11 is 1.31. The molecule has 0 spiro atoms. The van der Waals surface area contributed by atoms with Gasteiger partial charge in [-0.05, 0) is 13.3 Å². The van der Waals surface area contributed by atoms with Crippen LogP contribution in [0.15, 0.2) is 4.79 Å². The fraction of sp³-hybridized carbons (Fsp3) is 0.625. The number of nitrogens with two attached hydrogens (primary N) is 1. The molecule has 2 N–H and O–H groups in total. The largest absolute Gasteiger partial charge is 0.329 e. The van der Waals surface area contributed by atoms with Gasteiger partial charge < -0.3 is 10.3 Å². The first-order valence-corrected chi connectivity index (χ1v) is 4.91. The van der Waals surface area contributed by atoms with Crippen molar-refractivity contribution in [3.63, 3.8) is 0 Å². The lowest BCUT2D eigenvalue weighted by atomic mass is 10.3. The van der Waals surface area contributed by atoms with Crippen LogP contribution in [0, 0.1) is 6.92 Å². The Morgan fingerprint density at radius 1 is 1.58 bits per heavy atom. The lowest BCUT2D eigenvalue weighted by Gasteiger charge is -2.03. The lowest BCUT2D eigenvalue weighted by Crippen LogP contribution is -2.21. The first kappa shape index (κ1) is 9.48. The van der Waals surface area contributed by atoms with Gasteiger partial charge in [0.25, 0.3) is 0 Å². The Balaban J connectivity index is 3.13. The molecular formula is C8H14N2OS. The number of rotatable bonds is 3. The molecule has 1 heterocycles. The number of aromatic nitrogens is 1. The minimum absolute atomic E-state index is 0.120. The molecule has 0 atom stereocenters. The predicted octanol–water partition coefficient (Wildman–Crippen LogP) is 0.739. The summed E-state index contributed by atoms with van der Waals surface area (Å²) in [7, 11) is 0. The van der Waals surface area contributed by atoms with Crippen LogP contribution in [0.2, 0.25) is 0 Å². The van der Waals surface area contributed by atoms with E-state index in [-0.39, 0.29) is 4.87 Å². The van der Waals surface area contributed by atoms with E-state index in [4.69, 9.17) is 5.73 Å². The second-order valence-corrected chi connectivity index (χ2v) is 3.83. The van der Waals surface area contributed by atoms with Crippen molar-refractivity contribution in [3.8, 4) is 0 Å². The maximum atomic E-state index is 11.3. The molecule has 1 aromatic rings. The molecule has 0 aliphatic heterocycles. The van der Waals surface area contributed by atoms with Crippen molar-refractivity contribution in [2.75, 3.05) is 6.54 Å². The minimum Gasteiger partial charge on any atom is -0.329 e. The Bertz CT molecular complexity index is 313. The van der Waals surface area contributed by atoms with Crippen LogP contribution < -0.4 is 10.6 Å². The van der Waals surface area contributed by atoms with E-state index in [1.165, 1.54) is 11.3 Å². The van der Waals surface area contributed by atoms with Crippen LogP contribution in [0.4, 0.5) is 0 Å². The van der Waals surface area contributed by atoms with E-state index in [9.17, 15) is 4.79 Å². The topological polar surface area (TPSA) is 48.0 Å². The summed E-state index contributed by atoms with van der Waals surface area (Å²) in [6, 6.07) is 0. The van der Waals surface area contributed by atoms with Gasteiger partial charge >= 0.3 is 4.87 Å². The van der Waals surface area contributed by atoms with Crippen molar-refractivity contribution >= 4 is 11.3 Å². The summed E-state index contributed by atoms with van der Waals surface area (Å²) in [5.74, 6) is 0. The molecule has 4 heteroatoms. The van der Waals surface area contributed by atoms with E-state index in [1.807, 2.05) is 6.92 Å². The van der Waals surface area contributed by atoms with Crippen LogP contribution in [0.25, 0.3) is 0 Å². The van der Waals surface area contributed by atoms with Gasteiger partial charge in [0, 0.05) is 23.7 Å². The van der Waals surface area contributed by atoms with Crippen molar-refractivity contribution in [2.24, 2.45) is 5.73 Å². The van der Waals surface area contributed by atoms with Crippen molar-refractivity contribution < 1.29 is 0 Å².